The lowest BCUT2D eigenvalue weighted by Crippen LogP contribution is -2.10. The average Bonchev–Trinajstić information content (AvgIpc) is 2.48. The third kappa shape index (κ3) is 3.10. The minimum Gasteiger partial charge on any atom is -0.320 e. The fourth-order valence-electron chi connectivity index (χ4n) is 1.45. The highest BCUT2D eigenvalue weighted by atomic mass is 15.3. The van der Waals surface area contributed by atoms with Gasteiger partial charge in [0.15, 0.2) is 5.82 Å². The molecule has 0 saturated heterocycles. The first kappa shape index (κ1) is 11.2. The minimum atomic E-state index is 0.981. The van der Waals surface area contributed by atoms with E-state index in [4.69, 9.17) is 0 Å². The van der Waals surface area contributed by atoms with Crippen molar-refractivity contribution in [2.75, 3.05) is 13.6 Å². The van der Waals surface area contributed by atoms with Crippen molar-refractivity contribution < 1.29 is 0 Å². The van der Waals surface area contributed by atoms with Crippen molar-refractivity contribution in [3.8, 4) is 0 Å². The average molecular weight is 196 g/mol. The van der Waals surface area contributed by atoms with Gasteiger partial charge < -0.3 is 5.32 Å². The Kier molecular flexibility index (Phi) is 4.59. The molecule has 1 rings (SSSR count). The number of rotatable bonds is 6. The van der Waals surface area contributed by atoms with Gasteiger partial charge in [-0.05, 0) is 26.4 Å². The first-order valence-electron chi connectivity index (χ1n) is 5.31. The molecule has 4 heteroatoms. The van der Waals surface area contributed by atoms with Gasteiger partial charge in [-0.25, -0.2) is 4.98 Å². The van der Waals surface area contributed by atoms with E-state index in [1.807, 2.05) is 18.8 Å². The van der Waals surface area contributed by atoms with Gasteiger partial charge in [0.1, 0.15) is 5.82 Å². The van der Waals surface area contributed by atoms with Crippen molar-refractivity contribution in [2.24, 2.45) is 7.05 Å². The molecule has 1 aromatic heterocycles. The van der Waals surface area contributed by atoms with Crippen LogP contribution in [0, 0.1) is 0 Å². The van der Waals surface area contributed by atoms with Gasteiger partial charge in [0.25, 0.3) is 0 Å². The van der Waals surface area contributed by atoms with Crippen LogP contribution in [0.1, 0.15) is 31.4 Å². The Hall–Kier alpha value is -0.900. The van der Waals surface area contributed by atoms with Gasteiger partial charge in [-0.1, -0.05) is 6.92 Å². The van der Waals surface area contributed by atoms with Crippen LogP contribution in [-0.4, -0.2) is 28.4 Å². The molecule has 1 N–H and O–H groups in total. The molecular weight excluding hydrogens is 176 g/mol. The molecule has 0 radical (unpaired) electrons. The molecule has 0 aliphatic heterocycles. The highest BCUT2D eigenvalue weighted by molar-refractivity contribution is 4.93. The summed E-state index contributed by atoms with van der Waals surface area (Å²) in [5.41, 5.74) is 0. The number of nitrogens with zero attached hydrogens (tertiary/aromatic N) is 3. The van der Waals surface area contributed by atoms with E-state index in [0.29, 0.717) is 0 Å². The lowest BCUT2D eigenvalue weighted by Gasteiger charge is -1.98. The van der Waals surface area contributed by atoms with E-state index >= 15 is 0 Å². The summed E-state index contributed by atoms with van der Waals surface area (Å²) >= 11 is 0. The molecule has 0 saturated carbocycles. The number of aryl methyl sites for hydroxylation is 3. The summed E-state index contributed by atoms with van der Waals surface area (Å²) in [5.74, 6) is 2.08. The van der Waals surface area contributed by atoms with Crippen molar-refractivity contribution in [2.45, 2.75) is 32.6 Å². The van der Waals surface area contributed by atoms with E-state index in [1.54, 1.807) is 0 Å². The molecule has 0 atom stereocenters. The topological polar surface area (TPSA) is 42.7 Å². The summed E-state index contributed by atoms with van der Waals surface area (Å²) in [4.78, 5) is 4.50. The molecule has 80 valence electrons. The molecule has 0 fully saturated rings. The molecule has 0 aliphatic rings. The second-order valence-electron chi connectivity index (χ2n) is 3.52. The summed E-state index contributed by atoms with van der Waals surface area (Å²) in [6.45, 7) is 3.19. The van der Waals surface area contributed by atoms with Crippen molar-refractivity contribution in [3.63, 3.8) is 0 Å². The summed E-state index contributed by atoms with van der Waals surface area (Å²) in [7, 11) is 3.94. The quantitative estimate of drug-likeness (QED) is 0.688. The third-order valence-electron chi connectivity index (χ3n) is 2.20. The van der Waals surface area contributed by atoms with Crippen LogP contribution in [0.5, 0.6) is 0 Å². The second-order valence-corrected chi connectivity index (χ2v) is 3.52. The highest BCUT2D eigenvalue weighted by Gasteiger charge is 2.05. The van der Waals surface area contributed by atoms with Crippen LogP contribution in [0.2, 0.25) is 0 Å². The molecule has 4 nitrogen and oxygen atoms in total. The highest BCUT2D eigenvalue weighted by Crippen LogP contribution is 2.02. The Balaban J connectivity index is 2.49. The number of aromatic nitrogens is 3. The number of hydrogen-bond acceptors (Lipinski definition) is 3. The molecule has 1 heterocycles. The Morgan fingerprint density at radius 1 is 1.36 bits per heavy atom. The predicted octanol–water partition coefficient (Wildman–Crippen LogP) is 0.920. The van der Waals surface area contributed by atoms with Crippen molar-refractivity contribution >= 4 is 0 Å². The lowest BCUT2D eigenvalue weighted by molar-refractivity contribution is 0.647. The van der Waals surface area contributed by atoms with E-state index in [0.717, 1.165) is 43.9 Å². The summed E-state index contributed by atoms with van der Waals surface area (Å²) in [5, 5.41) is 7.50. The smallest absolute Gasteiger partial charge is 0.150 e. The van der Waals surface area contributed by atoms with Crippen molar-refractivity contribution in [1.82, 2.24) is 20.1 Å². The second kappa shape index (κ2) is 5.75. The number of hydrogen-bond donors (Lipinski definition) is 1. The maximum absolute atomic E-state index is 4.50. The standard InChI is InChI=1S/C10H20N4/c1-4-6-9-12-10(14(3)13-9)7-5-8-11-2/h11H,4-8H2,1-3H3. The molecule has 1 aromatic rings. The van der Waals surface area contributed by atoms with E-state index in [-0.39, 0.29) is 0 Å². The molecular formula is C10H20N4. The van der Waals surface area contributed by atoms with Crippen LogP contribution in [0.15, 0.2) is 0 Å². The van der Waals surface area contributed by atoms with Crippen LogP contribution < -0.4 is 5.32 Å². The Bertz CT molecular complexity index is 267. The fourth-order valence-corrected chi connectivity index (χ4v) is 1.45. The zero-order valence-electron chi connectivity index (χ0n) is 9.38. The van der Waals surface area contributed by atoms with Gasteiger partial charge >= 0.3 is 0 Å². The Labute approximate surface area is 85.7 Å². The largest absolute Gasteiger partial charge is 0.320 e. The molecule has 14 heavy (non-hydrogen) atoms. The van der Waals surface area contributed by atoms with Crippen LogP contribution in [-0.2, 0) is 19.9 Å². The number of nitrogens with one attached hydrogen (secondary N) is 1. The molecule has 0 spiro atoms. The third-order valence-corrected chi connectivity index (χ3v) is 2.20. The predicted molar refractivity (Wildman–Crippen MR) is 57.2 cm³/mol. The van der Waals surface area contributed by atoms with Crippen molar-refractivity contribution in [3.05, 3.63) is 11.6 Å². The zero-order chi connectivity index (χ0) is 10.4. The molecule has 0 bridgehead atoms. The van der Waals surface area contributed by atoms with E-state index < -0.39 is 0 Å². The molecule has 0 aliphatic carbocycles. The van der Waals surface area contributed by atoms with Gasteiger partial charge in [0.05, 0.1) is 0 Å². The van der Waals surface area contributed by atoms with Crippen LogP contribution in [0.4, 0.5) is 0 Å². The normalized spacial score (nSPS) is 10.8. The van der Waals surface area contributed by atoms with E-state index in [1.165, 1.54) is 0 Å². The van der Waals surface area contributed by atoms with Gasteiger partial charge in [0.2, 0.25) is 0 Å². The van der Waals surface area contributed by atoms with E-state index in [9.17, 15) is 0 Å². The summed E-state index contributed by atoms with van der Waals surface area (Å²) in [6.07, 6.45) is 4.22. The summed E-state index contributed by atoms with van der Waals surface area (Å²) in [6, 6.07) is 0. The zero-order valence-corrected chi connectivity index (χ0v) is 9.38. The van der Waals surface area contributed by atoms with Crippen LogP contribution in [0.3, 0.4) is 0 Å². The maximum atomic E-state index is 4.50. The Morgan fingerprint density at radius 2 is 2.14 bits per heavy atom. The first-order valence-corrected chi connectivity index (χ1v) is 5.31. The monoisotopic (exact) mass is 196 g/mol. The fraction of sp³-hybridized carbons (Fsp3) is 0.800. The van der Waals surface area contributed by atoms with Crippen molar-refractivity contribution in [1.29, 1.82) is 0 Å². The van der Waals surface area contributed by atoms with Crippen LogP contribution >= 0.6 is 0 Å². The molecule has 0 unspecified atom stereocenters. The van der Waals surface area contributed by atoms with Gasteiger partial charge in [0, 0.05) is 19.9 Å². The maximum Gasteiger partial charge on any atom is 0.150 e. The van der Waals surface area contributed by atoms with Gasteiger partial charge in [-0.15, -0.1) is 0 Å². The van der Waals surface area contributed by atoms with Gasteiger partial charge in [-0.2, -0.15) is 5.10 Å². The molecule has 0 aromatic carbocycles. The first-order chi connectivity index (χ1) is 6.77. The Morgan fingerprint density at radius 3 is 2.79 bits per heavy atom. The SMILES string of the molecule is CCCc1nc(CCCNC)n(C)n1. The van der Waals surface area contributed by atoms with Crippen LogP contribution in [0.25, 0.3) is 0 Å². The van der Waals surface area contributed by atoms with E-state index in [2.05, 4.69) is 22.3 Å². The minimum absolute atomic E-state index is 0.981. The lowest BCUT2D eigenvalue weighted by atomic mass is 10.3. The summed E-state index contributed by atoms with van der Waals surface area (Å²) < 4.78 is 1.90. The van der Waals surface area contributed by atoms with Gasteiger partial charge in [-0.3, -0.25) is 4.68 Å². The molecule has 0 amide bonds.